The van der Waals surface area contributed by atoms with Gasteiger partial charge in [-0.3, -0.25) is 4.90 Å². The van der Waals surface area contributed by atoms with Gasteiger partial charge < -0.3 is 14.0 Å². The Morgan fingerprint density at radius 2 is 2.04 bits per heavy atom. The van der Waals surface area contributed by atoms with Gasteiger partial charge in [0.1, 0.15) is 5.75 Å². The molecule has 0 unspecified atom stereocenters. The van der Waals surface area contributed by atoms with Crippen molar-refractivity contribution in [3.63, 3.8) is 0 Å². The first-order valence-corrected chi connectivity index (χ1v) is 10.5. The predicted octanol–water partition coefficient (Wildman–Crippen LogP) is 2.04. The Bertz CT molecular complexity index is 878. The normalized spacial score (nSPS) is 17.0. The molecule has 148 valence electrons. The minimum absolute atomic E-state index is 0.0857. The number of halogens is 1. The standard InChI is InChI=1S/C18H24ClN3O4S/c1-21-7-3-4-16(21)17(22-8-10-26-11-9-22)13-20-27(23,24)14-5-6-18(25-2)15(19)12-14/h3-7,12,17,20H,8-11,13H2,1-2H3/t17-/m1/s1. The summed E-state index contributed by atoms with van der Waals surface area (Å²) in [6, 6.07) is 8.32. The number of sulfonamides is 1. The van der Waals surface area contributed by atoms with Gasteiger partial charge in [0.15, 0.2) is 0 Å². The number of aromatic nitrogens is 1. The molecule has 1 aromatic heterocycles. The highest BCUT2D eigenvalue weighted by molar-refractivity contribution is 7.89. The van der Waals surface area contributed by atoms with Crippen molar-refractivity contribution in [2.45, 2.75) is 10.9 Å². The van der Waals surface area contributed by atoms with E-state index in [9.17, 15) is 8.42 Å². The summed E-state index contributed by atoms with van der Waals surface area (Å²) in [5.41, 5.74) is 1.05. The fourth-order valence-electron chi connectivity index (χ4n) is 3.22. The Kier molecular flexibility index (Phi) is 6.44. The number of methoxy groups -OCH3 is 1. The van der Waals surface area contributed by atoms with Crippen LogP contribution in [0.15, 0.2) is 41.4 Å². The fraction of sp³-hybridized carbons (Fsp3) is 0.444. The molecule has 1 N–H and O–H groups in total. The number of morpholine rings is 1. The lowest BCUT2D eigenvalue weighted by Gasteiger charge is -2.34. The summed E-state index contributed by atoms with van der Waals surface area (Å²) in [6.07, 6.45) is 1.96. The van der Waals surface area contributed by atoms with E-state index in [0.717, 1.165) is 18.8 Å². The summed E-state index contributed by atoms with van der Waals surface area (Å²) in [5.74, 6) is 0.436. The molecule has 0 radical (unpaired) electrons. The minimum atomic E-state index is -3.70. The van der Waals surface area contributed by atoms with Crippen LogP contribution in [0.3, 0.4) is 0 Å². The minimum Gasteiger partial charge on any atom is -0.495 e. The van der Waals surface area contributed by atoms with Gasteiger partial charge in [-0.25, -0.2) is 13.1 Å². The average Bonchev–Trinajstić information content (AvgIpc) is 3.08. The highest BCUT2D eigenvalue weighted by atomic mass is 35.5. The van der Waals surface area contributed by atoms with Gasteiger partial charge in [0.2, 0.25) is 10.0 Å². The Balaban J connectivity index is 1.79. The predicted molar refractivity (Wildman–Crippen MR) is 104 cm³/mol. The number of benzene rings is 1. The van der Waals surface area contributed by atoms with Crippen LogP contribution in [0.25, 0.3) is 0 Å². The molecule has 1 aromatic carbocycles. The van der Waals surface area contributed by atoms with Crippen molar-refractivity contribution in [3.8, 4) is 5.75 Å². The molecule has 1 saturated heterocycles. The van der Waals surface area contributed by atoms with E-state index < -0.39 is 10.0 Å². The molecular formula is C18H24ClN3O4S. The number of nitrogens with one attached hydrogen (secondary N) is 1. The number of hydrogen-bond acceptors (Lipinski definition) is 5. The lowest BCUT2D eigenvalue weighted by atomic mass is 10.1. The second-order valence-electron chi connectivity index (χ2n) is 6.36. The highest BCUT2D eigenvalue weighted by Gasteiger charge is 2.26. The number of aryl methyl sites for hydroxylation is 1. The van der Waals surface area contributed by atoms with E-state index in [1.807, 2.05) is 29.9 Å². The molecule has 2 aromatic rings. The van der Waals surface area contributed by atoms with Crippen molar-refractivity contribution in [3.05, 3.63) is 47.2 Å². The van der Waals surface area contributed by atoms with Crippen LogP contribution in [-0.4, -0.2) is 57.8 Å². The smallest absolute Gasteiger partial charge is 0.240 e. The maximum atomic E-state index is 12.8. The van der Waals surface area contributed by atoms with Crippen LogP contribution in [0.4, 0.5) is 0 Å². The quantitative estimate of drug-likeness (QED) is 0.752. The van der Waals surface area contributed by atoms with Crippen molar-refractivity contribution < 1.29 is 17.9 Å². The number of rotatable bonds is 7. The Morgan fingerprint density at radius 3 is 2.63 bits per heavy atom. The summed E-state index contributed by atoms with van der Waals surface area (Å²) < 4.78 is 40.8. The second kappa shape index (κ2) is 8.62. The van der Waals surface area contributed by atoms with Gasteiger partial charge >= 0.3 is 0 Å². The van der Waals surface area contributed by atoms with Gasteiger partial charge in [0.25, 0.3) is 0 Å². The number of nitrogens with zero attached hydrogens (tertiary/aromatic N) is 2. The van der Waals surface area contributed by atoms with Gasteiger partial charge in [-0.15, -0.1) is 0 Å². The van der Waals surface area contributed by atoms with Crippen LogP contribution in [-0.2, 0) is 21.8 Å². The van der Waals surface area contributed by atoms with Crippen LogP contribution in [0, 0.1) is 0 Å². The highest BCUT2D eigenvalue weighted by Crippen LogP contribution is 2.27. The summed E-state index contributed by atoms with van der Waals surface area (Å²) in [4.78, 5) is 2.35. The molecule has 27 heavy (non-hydrogen) atoms. The van der Waals surface area contributed by atoms with E-state index in [4.69, 9.17) is 21.1 Å². The van der Waals surface area contributed by atoms with Crippen molar-refractivity contribution in [1.82, 2.24) is 14.2 Å². The molecule has 3 rings (SSSR count). The first-order valence-electron chi connectivity index (χ1n) is 8.68. The van der Waals surface area contributed by atoms with Crippen molar-refractivity contribution in [2.24, 2.45) is 7.05 Å². The van der Waals surface area contributed by atoms with E-state index in [0.29, 0.717) is 19.0 Å². The molecule has 1 aliphatic rings. The lowest BCUT2D eigenvalue weighted by Crippen LogP contribution is -2.44. The van der Waals surface area contributed by atoms with E-state index in [2.05, 4.69) is 9.62 Å². The number of hydrogen-bond donors (Lipinski definition) is 1. The molecule has 1 aliphatic heterocycles. The molecular weight excluding hydrogens is 390 g/mol. The first kappa shape index (κ1) is 20.2. The van der Waals surface area contributed by atoms with E-state index >= 15 is 0 Å². The summed E-state index contributed by atoms with van der Waals surface area (Å²) in [6.45, 7) is 3.05. The third-order valence-electron chi connectivity index (χ3n) is 4.71. The molecule has 7 nitrogen and oxygen atoms in total. The fourth-order valence-corrected chi connectivity index (χ4v) is 4.60. The van der Waals surface area contributed by atoms with Gasteiger partial charge in [0, 0.05) is 38.6 Å². The lowest BCUT2D eigenvalue weighted by molar-refractivity contribution is 0.0158. The maximum absolute atomic E-state index is 12.8. The van der Waals surface area contributed by atoms with E-state index in [1.165, 1.54) is 19.2 Å². The SMILES string of the molecule is COc1ccc(S(=O)(=O)NC[C@H](c2cccn2C)N2CCOCC2)cc1Cl. The number of ether oxygens (including phenoxy) is 2. The molecule has 0 aliphatic carbocycles. The van der Waals surface area contributed by atoms with Crippen molar-refractivity contribution >= 4 is 21.6 Å². The Hall–Kier alpha value is -1.58. The van der Waals surface area contributed by atoms with Gasteiger partial charge in [0.05, 0.1) is 36.3 Å². The average molecular weight is 414 g/mol. The molecule has 1 atom stereocenters. The van der Waals surface area contributed by atoms with E-state index in [-0.39, 0.29) is 22.5 Å². The molecule has 2 heterocycles. The summed E-state index contributed by atoms with van der Waals surface area (Å²) in [7, 11) is -0.257. The topological polar surface area (TPSA) is 72.8 Å². The van der Waals surface area contributed by atoms with Crippen molar-refractivity contribution in [1.29, 1.82) is 0 Å². The van der Waals surface area contributed by atoms with Gasteiger partial charge in [-0.05, 0) is 30.3 Å². The van der Waals surface area contributed by atoms with Crippen LogP contribution in [0.5, 0.6) is 5.75 Å². The molecule has 0 amide bonds. The molecule has 9 heteroatoms. The molecule has 0 spiro atoms. The molecule has 0 saturated carbocycles. The van der Waals surface area contributed by atoms with Gasteiger partial charge in [-0.2, -0.15) is 0 Å². The summed E-state index contributed by atoms with van der Waals surface area (Å²) in [5, 5.41) is 0.257. The molecule has 1 fully saturated rings. The molecule has 0 bridgehead atoms. The van der Waals surface area contributed by atoms with E-state index in [1.54, 1.807) is 6.07 Å². The Labute approximate surface area is 164 Å². The van der Waals surface area contributed by atoms with Gasteiger partial charge in [-0.1, -0.05) is 11.6 Å². The van der Waals surface area contributed by atoms with Crippen LogP contribution >= 0.6 is 11.6 Å². The monoisotopic (exact) mass is 413 g/mol. The third kappa shape index (κ3) is 4.64. The summed E-state index contributed by atoms with van der Waals surface area (Å²) >= 11 is 6.08. The van der Waals surface area contributed by atoms with Crippen LogP contribution < -0.4 is 9.46 Å². The zero-order valence-corrected chi connectivity index (χ0v) is 17.0. The van der Waals surface area contributed by atoms with Crippen molar-refractivity contribution in [2.75, 3.05) is 40.0 Å². The first-order chi connectivity index (χ1) is 12.9. The second-order valence-corrected chi connectivity index (χ2v) is 8.53. The maximum Gasteiger partial charge on any atom is 0.240 e. The third-order valence-corrected chi connectivity index (χ3v) is 6.43. The largest absolute Gasteiger partial charge is 0.495 e. The Morgan fingerprint density at radius 1 is 1.30 bits per heavy atom. The van der Waals surface area contributed by atoms with Crippen LogP contribution in [0.2, 0.25) is 5.02 Å². The zero-order valence-electron chi connectivity index (χ0n) is 15.4. The zero-order chi connectivity index (χ0) is 19.4. The van der Waals surface area contributed by atoms with Crippen LogP contribution in [0.1, 0.15) is 11.7 Å².